The van der Waals surface area contributed by atoms with Crippen LogP contribution < -0.4 is 5.63 Å². The normalized spacial score (nSPS) is 11.1. The molecule has 0 fully saturated rings. The van der Waals surface area contributed by atoms with Gasteiger partial charge in [-0.15, -0.1) is 0 Å². The van der Waals surface area contributed by atoms with Gasteiger partial charge in [0.05, 0.1) is 11.4 Å². The van der Waals surface area contributed by atoms with Crippen LogP contribution in [0.1, 0.15) is 31.2 Å². The van der Waals surface area contributed by atoms with Gasteiger partial charge in [-0.3, -0.25) is 9.38 Å². The lowest BCUT2D eigenvalue weighted by Crippen LogP contribution is -2.10. The molecule has 0 saturated carbocycles. The second-order valence-corrected chi connectivity index (χ2v) is 5.05. The highest BCUT2D eigenvalue weighted by molar-refractivity contribution is 5.62. The number of imidazole rings is 1. The van der Waals surface area contributed by atoms with Crippen LogP contribution in [-0.2, 0) is 6.42 Å². The summed E-state index contributed by atoms with van der Waals surface area (Å²) in [5.74, 6) is 0.612. The number of fused-ring (bicyclic) bond motifs is 1. The first-order valence-electron chi connectivity index (χ1n) is 7.12. The Hall–Kier alpha value is -2.43. The average molecular weight is 283 g/mol. The van der Waals surface area contributed by atoms with Gasteiger partial charge in [-0.1, -0.05) is 13.3 Å². The van der Waals surface area contributed by atoms with Gasteiger partial charge in [-0.25, -0.2) is 9.78 Å². The van der Waals surface area contributed by atoms with E-state index in [2.05, 4.69) is 16.9 Å². The number of hydrogen-bond donors (Lipinski definition) is 0. The van der Waals surface area contributed by atoms with E-state index in [1.54, 1.807) is 18.7 Å². The molecule has 5 heteroatoms. The Bertz CT molecular complexity index is 819. The van der Waals surface area contributed by atoms with Gasteiger partial charge in [0.1, 0.15) is 6.33 Å². The Morgan fingerprint density at radius 3 is 2.76 bits per heavy atom. The lowest BCUT2D eigenvalue weighted by Gasteiger charge is -2.10. The van der Waals surface area contributed by atoms with E-state index in [1.165, 1.54) is 0 Å². The topological polar surface area (TPSA) is 60.4 Å². The third-order valence-corrected chi connectivity index (χ3v) is 3.60. The molecule has 21 heavy (non-hydrogen) atoms. The zero-order chi connectivity index (χ0) is 14.8. The van der Waals surface area contributed by atoms with Gasteiger partial charge in [0, 0.05) is 18.0 Å². The molecule has 0 amide bonds. The summed E-state index contributed by atoms with van der Waals surface area (Å²) in [5, 5.41) is 0. The van der Waals surface area contributed by atoms with Crippen molar-refractivity contribution in [3.05, 3.63) is 52.7 Å². The fourth-order valence-corrected chi connectivity index (χ4v) is 2.50. The van der Waals surface area contributed by atoms with Gasteiger partial charge in [0.25, 0.3) is 0 Å². The van der Waals surface area contributed by atoms with E-state index in [-0.39, 0.29) is 5.63 Å². The Kier molecular flexibility index (Phi) is 3.56. The summed E-state index contributed by atoms with van der Waals surface area (Å²) in [6, 6.07) is 3.70. The fourth-order valence-electron chi connectivity index (χ4n) is 2.50. The van der Waals surface area contributed by atoms with E-state index in [9.17, 15) is 4.79 Å². The SMILES string of the molecule is CCCCc1c(-c2ccncc2)oc(=O)c2c(C)ncn12. The number of aromatic nitrogens is 3. The lowest BCUT2D eigenvalue weighted by molar-refractivity contribution is 0.512. The summed E-state index contributed by atoms with van der Waals surface area (Å²) in [7, 11) is 0. The first-order chi connectivity index (χ1) is 10.2. The first kappa shape index (κ1) is 13.5. The number of pyridine rings is 1. The van der Waals surface area contributed by atoms with E-state index in [0.717, 1.165) is 30.5 Å². The lowest BCUT2D eigenvalue weighted by atomic mass is 10.1. The van der Waals surface area contributed by atoms with Crippen LogP contribution in [0.25, 0.3) is 16.8 Å². The predicted molar refractivity (Wildman–Crippen MR) is 80.3 cm³/mol. The zero-order valence-corrected chi connectivity index (χ0v) is 12.2. The van der Waals surface area contributed by atoms with Crippen molar-refractivity contribution in [3.63, 3.8) is 0 Å². The van der Waals surface area contributed by atoms with Crippen LogP contribution in [0.15, 0.2) is 40.1 Å². The zero-order valence-electron chi connectivity index (χ0n) is 12.2. The Labute approximate surface area is 122 Å². The molecule has 0 aromatic carbocycles. The van der Waals surface area contributed by atoms with Gasteiger partial charge in [0.2, 0.25) is 0 Å². The standard InChI is InChI=1S/C16H17N3O2/c1-3-4-5-13-15(12-6-8-17-9-7-12)21-16(20)14-11(2)18-10-19(13)14/h6-10H,3-5H2,1-2H3. The number of rotatable bonds is 4. The molecule has 0 bridgehead atoms. The molecule has 0 atom stereocenters. The molecule has 3 aromatic rings. The Balaban J connectivity index is 2.30. The second kappa shape index (κ2) is 5.52. The molecule has 0 saturated heterocycles. The van der Waals surface area contributed by atoms with Crippen LogP contribution in [0.3, 0.4) is 0 Å². The Morgan fingerprint density at radius 1 is 1.29 bits per heavy atom. The van der Waals surface area contributed by atoms with Crippen molar-refractivity contribution in [2.75, 3.05) is 0 Å². The van der Waals surface area contributed by atoms with Crippen LogP contribution in [0.5, 0.6) is 0 Å². The molecule has 0 aliphatic carbocycles. The van der Waals surface area contributed by atoms with Crippen LogP contribution in [0, 0.1) is 6.92 Å². The second-order valence-electron chi connectivity index (χ2n) is 5.05. The molecule has 0 unspecified atom stereocenters. The summed E-state index contributed by atoms with van der Waals surface area (Å²) < 4.78 is 7.47. The van der Waals surface area contributed by atoms with E-state index in [1.807, 2.05) is 23.5 Å². The van der Waals surface area contributed by atoms with Crippen molar-refractivity contribution in [3.8, 4) is 11.3 Å². The molecule has 3 rings (SSSR count). The number of unbranched alkanes of at least 4 members (excludes halogenated alkanes) is 1. The molecule has 3 aromatic heterocycles. The molecule has 0 spiro atoms. The minimum Gasteiger partial charge on any atom is -0.419 e. The smallest absolute Gasteiger partial charge is 0.362 e. The predicted octanol–water partition coefficient (Wildman–Crippen LogP) is 3.00. The number of aryl methyl sites for hydroxylation is 2. The van der Waals surface area contributed by atoms with Crippen molar-refractivity contribution >= 4 is 5.52 Å². The quantitative estimate of drug-likeness (QED) is 0.738. The summed E-state index contributed by atoms with van der Waals surface area (Å²) in [6.45, 7) is 3.96. The first-order valence-corrected chi connectivity index (χ1v) is 7.12. The molecule has 0 N–H and O–H groups in total. The largest absolute Gasteiger partial charge is 0.419 e. The molecule has 108 valence electrons. The van der Waals surface area contributed by atoms with E-state index in [0.29, 0.717) is 17.0 Å². The molecular weight excluding hydrogens is 266 g/mol. The number of nitrogens with zero attached hydrogens (tertiary/aromatic N) is 3. The summed E-state index contributed by atoms with van der Waals surface area (Å²) in [5.41, 5.74) is 2.72. The van der Waals surface area contributed by atoms with Crippen molar-refractivity contribution in [2.45, 2.75) is 33.1 Å². The molecule has 5 nitrogen and oxygen atoms in total. The number of hydrogen-bond acceptors (Lipinski definition) is 4. The molecule has 0 radical (unpaired) electrons. The summed E-state index contributed by atoms with van der Waals surface area (Å²) >= 11 is 0. The van der Waals surface area contributed by atoms with Gasteiger partial charge in [0.15, 0.2) is 11.3 Å². The van der Waals surface area contributed by atoms with Crippen molar-refractivity contribution in [1.82, 2.24) is 14.4 Å². The van der Waals surface area contributed by atoms with Gasteiger partial charge >= 0.3 is 5.63 Å². The van der Waals surface area contributed by atoms with E-state index in [4.69, 9.17) is 4.42 Å². The molecule has 3 heterocycles. The molecular formula is C16H17N3O2. The van der Waals surface area contributed by atoms with Gasteiger partial charge in [-0.2, -0.15) is 0 Å². The monoisotopic (exact) mass is 283 g/mol. The van der Waals surface area contributed by atoms with Gasteiger partial charge in [-0.05, 0) is 31.9 Å². The van der Waals surface area contributed by atoms with Crippen LogP contribution >= 0.6 is 0 Å². The Morgan fingerprint density at radius 2 is 2.05 bits per heavy atom. The minimum absolute atomic E-state index is 0.350. The van der Waals surface area contributed by atoms with Crippen molar-refractivity contribution < 1.29 is 4.42 Å². The fraction of sp³-hybridized carbons (Fsp3) is 0.312. The minimum atomic E-state index is -0.350. The highest BCUT2D eigenvalue weighted by atomic mass is 16.4. The molecule has 0 aliphatic rings. The van der Waals surface area contributed by atoms with Gasteiger partial charge < -0.3 is 4.42 Å². The van der Waals surface area contributed by atoms with Crippen molar-refractivity contribution in [2.24, 2.45) is 0 Å². The van der Waals surface area contributed by atoms with Crippen LogP contribution in [0.4, 0.5) is 0 Å². The summed E-state index contributed by atoms with van der Waals surface area (Å²) in [6.07, 6.45) is 8.04. The van der Waals surface area contributed by atoms with E-state index < -0.39 is 0 Å². The maximum Gasteiger partial charge on any atom is 0.362 e. The van der Waals surface area contributed by atoms with Crippen LogP contribution in [-0.4, -0.2) is 14.4 Å². The molecule has 0 aliphatic heterocycles. The maximum absolute atomic E-state index is 12.2. The maximum atomic E-state index is 12.2. The third kappa shape index (κ3) is 2.35. The highest BCUT2D eigenvalue weighted by Crippen LogP contribution is 2.24. The average Bonchev–Trinajstić information content (AvgIpc) is 2.90. The van der Waals surface area contributed by atoms with Crippen LogP contribution in [0.2, 0.25) is 0 Å². The summed E-state index contributed by atoms with van der Waals surface area (Å²) in [4.78, 5) is 20.5. The van der Waals surface area contributed by atoms with Crippen molar-refractivity contribution in [1.29, 1.82) is 0 Å². The third-order valence-electron chi connectivity index (χ3n) is 3.60. The van der Waals surface area contributed by atoms with E-state index >= 15 is 0 Å². The highest BCUT2D eigenvalue weighted by Gasteiger charge is 2.17.